The van der Waals surface area contributed by atoms with Gasteiger partial charge in [0.05, 0.1) is 17.3 Å². The maximum atomic E-state index is 3.68. The minimum Gasteiger partial charge on any atom is -0.127 e. The van der Waals surface area contributed by atoms with Crippen LogP contribution in [-0.4, -0.2) is 0 Å². The third-order valence-electron chi connectivity index (χ3n) is 3.78. The molecule has 24 heavy (non-hydrogen) atoms. The van der Waals surface area contributed by atoms with Gasteiger partial charge in [-0.25, -0.2) is 0 Å². The second-order valence-electron chi connectivity index (χ2n) is 5.32. The summed E-state index contributed by atoms with van der Waals surface area (Å²) in [6.45, 7) is 0. The van der Waals surface area contributed by atoms with Gasteiger partial charge in [-0.2, -0.15) is 0 Å². The summed E-state index contributed by atoms with van der Waals surface area (Å²) in [4.78, 5) is 2.62. The molecule has 118 valence electrons. The van der Waals surface area contributed by atoms with Gasteiger partial charge in [-0.1, -0.05) is 60.7 Å². The van der Waals surface area contributed by atoms with Crippen molar-refractivity contribution in [3.05, 3.63) is 80.4 Å². The Morgan fingerprint density at radius 3 is 1.29 bits per heavy atom. The molecule has 0 N–H and O–H groups in total. The average Bonchev–Trinajstić information content (AvgIpc) is 3.19. The third-order valence-corrected chi connectivity index (χ3v) is 7.22. The molecule has 0 saturated carbocycles. The van der Waals surface area contributed by atoms with Crippen molar-refractivity contribution in [2.75, 3.05) is 0 Å². The Kier molecular flexibility index (Phi) is 4.72. The Morgan fingerprint density at radius 1 is 0.542 bits per heavy atom. The lowest BCUT2D eigenvalue weighted by Gasteiger charge is -2.06. The maximum Gasteiger partial charge on any atom is 0.0711 e. The molecule has 0 nitrogen and oxygen atoms in total. The van der Waals surface area contributed by atoms with Crippen LogP contribution in [0.2, 0.25) is 0 Å². The Morgan fingerprint density at radius 2 is 0.917 bits per heavy atom. The lowest BCUT2D eigenvalue weighted by Crippen LogP contribution is -1.79. The fourth-order valence-corrected chi connectivity index (χ4v) is 6.12. The Labute approximate surface area is 166 Å². The first-order valence-electron chi connectivity index (χ1n) is 7.42. The van der Waals surface area contributed by atoms with Crippen molar-refractivity contribution < 1.29 is 0 Å². The van der Waals surface area contributed by atoms with Crippen molar-refractivity contribution in [3.63, 3.8) is 0 Å². The van der Waals surface area contributed by atoms with E-state index in [-0.39, 0.29) is 0 Å². The second kappa shape index (κ2) is 6.96. The van der Waals surface area contributed by atoms with Gasteiger partial charge in [-0.05, 0) is 55.1 Å². The summed E-state index contributed by atoms with van der Waals surface area (Å²) in [6, 6.07) is 25.6. The van der Waals surface area contributed by atoms with E-state index in [2.05, 4.69) is 105 Å². The summed E-state index contributed by atoms with van der Waals surface area (Å²) in [5, 5.41) is 0. The summed E-state index contributed by atoms with van der Waals surface area (Å²) in [6.07, 6.45) is 0. The molecule has 0 saturated heterocycles. The van der Waals surface area contributed by atoms with Gasteiger partial charge in [0.2, 0.25) is 0 Å². The van der Waals surface area contributed by atoms with Gasteiger partial charge in [0.15, 0.2) is 0 Å². The summed E-state index contributed by atoms with van der Waals surface area (Å²) in [5.74, 6) is 0. The van der Waals surface area contributed by atoms with E-state index in [0.717, 1.165) is 7.57 Å². The normalized spacial score (nSPS) is 10.9. The highest BCUT2D eigenvalue weighted by atomic mass is 79.9. The van der Waals surface area contributed by atoms with Gasteiger partial charge in [-0.15, -0.1) is 22.7 Å². The number of halogens is 2. The highest BCUT2D eigenvalue weighted by Crippen LogP contribution is 2.49. The molecular weight excluding hydrogens is 464 g/mol. The standard InChI is InChI=1S/C20H12Br2S2/c21-17-11-15(13-7-3-1-4-8-13)19(23-17)20-16(12-18(22)24-20)14-9-5-2-6-10-14/h1-12H. The highest BCUT2D eigenvalue weighted by Gasteiger charge is 2.18. The van der Waals surface area contributed by atoms with Crippen LogP contribution in [0.1, 0.15) is 0 Å². The first-order valence-corrected chi connectivity index (χ1v) is 10.6. The summed E-state index contributed by atoms with van der Waals surface area (Å²) < 4.78 is 2.31. The van der Waals surface area contributed by atoms with Gasteiger partial charge in [0.1, 0.15) is 0 Å². The molecule has 0 aliphatic carbocycles. The molecule has 0 atom stereocenters. The molecule has 0 bridgehead atoms. The van der Waals surface area contributed by atoms with Crippen molar-refractivity contribution in [2.45, 2.75) is 0 Å². The van der Waals surface area contributed by atoms with Gasteiger partial charge >= 0.3 is 0 Å². The second-order valence-corrected chi connectivity index (χ2v) is 10.2. The molecule has 2 heterocycles. The topological polar surface area (TPSA) is 0 Å². The van der Waals surface area contributed by atoms with Gasteiger partial charge < -0.3 is 0 Å². The number of hydrogen-bond donors (Lipinski definition) is 0. The molecule has 0 spiro atoms. The molecule has 0 fully saturated rings. The zero-order valence-electron chi connectivity index (χ0n) is 12.5. The zero-order chi connectivity index (χ0) is 16.5. The van der Waals surface area contributed by atoms with Crippen LogP contribution in [0.25, 0.3) is 32.0 Å². The molecule has 0 unspecified atom stereocenters. The molecule has 2 aromatic carbocycles. The fraction of sp³-hybridized carbons (Fsp3) is 0. The van der Waals surface area contributed by atoms with Crippen LogP contribution in [-0.2, 0) is 0 Å². The monoisotopic (exact) mass is 474 g/mol. The maximum absolute atomic E-state index is 3.68. The smallest absolute Gasteiger partial charge is 0.0711 e. The van der Waals surface area contributed by atoms with Crippen LogP contribution in [0.4, 0.5) is 0 Å². The predicted molar refractivity (Wildman–Crippen MR) is 114 cm³/mol. The largest absolute Gasteiger partial charge is 0.127 e. The molecule has 0 radical (unpaired) electrons. The van der Waals surface area contributed by atoms with E-state index in [1.807, 2.05) is 0 Å². The van der Waals surface area contributed by atoms with Crippen LogP contribution in [0, 0.1) is 0 Å². The molecular formula is C20H12Br2S2. The summed E-state index contributed by atoms with van der Waals surface area (Å²) >= 11 is 10.9. The Bertz CT molecular complexity index is 888. The van der Waals surface area contributed by atoms with E-state index in [0.29, 0.717) is 0 Å². The van der Waals surface area contributed by atoms with Gasteiger partial charge in [0.25, 0.3) is 0 Å². The molecule has 4 aromatic rings. The molecule has 2 aromatic heterocycles. The van der Waals surface area contributed by atoms with E-state index in [4.69, 9.17) is 0 Å². The minimum atomic E-state index is 1.15. The summed E-state index contributed by atoms with van der Waals surface area (Å²) in [7, 11) is 0. The van der Waals surface area contributed by atoms with E-state index in [9.17, 15) is 0 Å². The molecule has 4 heteroatoms. The first-order chi connectivity index (χ1) is 11.7. The lowest BCUT2D eigenvalue weighted by atomic mass is 10.0. The first kappa shape index (κ1) is 16.3. The van der Waals surface area contributed by atoms with E-state index >= 15 is 0 Å². The third kappa shape index (κ3) is 3.16. The van der Waals surface area contributed by atoms with Crippen molar-refractivity contribution in [1.82, 2.24) is 0 Å². The van der Waals surface area contributed by atoms with Crippen LogP contribution >= 0.6 is 54.5 Å². The quantitative estimate of drug-likeness (QED) is 0.279. The van der Waals surface area contributed by atoms with Gasteiger partial charge in [0, 0.05) is 11.1 Å². The fourth-order valence-electron chi connectivity index (χ4n) is 2.72. The van der Waals surface area contributed by atoms with Crippen molar-refractivity contribution in [1.29, 1.82) is 0 Å². The number of hydrogen-bond acceptors (Lipinski definition) is 2. The van der Waals surface area contributed by atoms with E-state index in [1.165, 1.54) is 32.0 Å². The summed E-state index contributed by atoms with van der Waals surface area (Å²) in [5.41, 5.74) is 5.05. The number of thiophene rings is 2. The molecule has 4 rings (SSSR count). The Balaban J connectivity index is 1.93. The zero-order valence-corrected chi connectivity index (χ0v) is 17.3. The predicted octanol–water partition coefficient (Wildman–Crippen LogP) is 8.34. The number of rotatable bonds is 3. The average molecular weight is 476 g/mol. The molecule has 0 aliphatic rings. The highest BCUT2D eigenvalue weighted by molar-refractivity contribution is 9.11. The van der Waals surface area contributed by atoms with Crippen LogP contribution in [0.5, 0.6) is 0 Å². The van der Waals surface area contributed by atoms with Gasteiger partial charge in [-0.3, -0.25) is 0 Å². The SMILES string of the molecule is Brc1cc(-c2ccccc2)c(-c2sc(Br)cc2-c2ccccc2)s1. The Hall–Kier alpha value is -1.20. The van der Waals surface area contributed by atoms with Crippen LogP contribution in [0.15, 0.2) is 80.4 Å². The molecule has 0 amide bonds. The van der Waals surface area contributed by atoms with Crippen molar-refractivity contribution >= 4 is 54.5 Å². The van der Waals surface area contributed by atoms with Crippen molar-refractivity contribution in [3.8, 4) is 32.0 Å². The lowest BCUT2D eigenvalue weighted by molar-refractivity contribution is 1.66. The van der Waals surface area contributed by atoms with Crippen LogP contribution < -0.4 is 0 Å². The molecule has 0 aliphatic heterocycles. The number of benzene rings is 2. The minimum absolute atomic E-state index is 1.15. The van der Waals surface area contributed by atoms with E-state index in [1.54, 1.807) is 22.7 Å². The van der Waals surface area contributed by atoms with Crippen LogP contribution in [0.3, 0.4) is 0 Å². The van der Waals surface area contributed by atoms with Crippen molar-refractivity contribution in [2.24, 2.45) is 0 Å². The van der Waals surface area contributed by atoms with E-state index < -0.39 is 0 Å².